The van der Waals surface area contributed by atoms with Crippen molar-refractivity contribution >= 4 is 12.2 Å². The molecule has 11 heavy (non-hydrogen) atoms. The second-order valence-corrected chi connectivity index (χ2v) is 1.56. The molecule has 60 valence electrons. The van der Waals surface area contributed by atoms with Crippen molar-refractivity contribution < 1.29 is 4.52 Å². The second kappa shape index (κ2) is 5.47. The summed E-state index contributed by atoms with van der Waals surface area (Å²) < 4.78 is 4.63. The highest BCUT2D eigenvalue weighted by Crippen LogP contribution is 2.07. The molecule has 0 aliphatic rings. The van der Waals surface area contributed by atoms with Crippen molar-refractivity contribution in [3.05, 3.63) is 30.7 Å². The van der Waals surface area contributed by atoms with Crippen LogP contribution in [0.3, 0.4) is 0 Å². The van der Waals surface area contributed by atoms with Gasteiger partial charge in [-0.05, 0) is 6.08 Å². The lowest BCUT2D eigenvalue weighted by Gasteiger charge is -1.80. The predicted octanol–water partition coefficient (Wildman–Crippen LogP) is 2.99. The van der Waals surface area contributed by atoms with E-state index in [0.29, 0.717) is 0 Å². The summed E-state index contributed by atoms with van der Waals surface area (Å²) in [6.07, 6.45) is 4.83. The molecule has 0 fully saturated rings. The molecule has 1 aromatic rings. The average molecular weight is 151 g/mol. The molecule has 0 unspecified atom stereocenters. The van der Waals surface area contributed by atoms with E-state index in [0.717, 1.165) is 11.3 Å². The van der Waals surface area contributed by atoms with Gasteiger partial charge in [-0.1, -0.05) is 38.2 Å². The number of hydrogen-bond acceptors (Lipinski definition) is 2. The third-order valence-electron chi connectivity index (χ3n) is 1.04. The van der Waals surface area contributed by atoms with Crippen molar-refractivity contribution in [1.29, 1.82) is 0 Å². The standard InChI is InChI=1S/C7H7NO.C2H6/c1-3-6-5-9-8-7(6)4-2;1-2/h3-5H,1-2H2;1-2H3. The maximum absolute atomic E-state index is 4.63. The van der Waals surface area contributed by atoms with Gasteiger partial charge < -0.3 is 4.52 Å². The van der Waals surface area contributed by atoms with Crippen LogP contribution in [-0.4, -0.2) is 5.16 Å². The molecule has 2 heteroatoms. The summed E-state index contributed by atoms with van der Waals surface area (Å²) in [5.41, 5.74) is 1.62. The molecule has 1 aromatic heterocycles. The Morgan fingerprint density at radius 3 is 2.36 bits per heavy atom. The molecule has 0 aromatic carbocycles. The molecule has 0 amide bonds. The van der Waals surface area contributed by atoms with Crippen molar-refractivity contribution in [2.75, 3.05) is 0 Å². The third kappa shape index (κ3) is 2.42. The lowest BCUT2D eigenvalue weighted by molar-refractivity contribution is 0.418. The molecule has 0 saturated heterocycles. The lowest BCUT2D eigenvalue weighted by atomic mass is 10.2. The molecular weight excluding hydrogens is 138 g/mol. The molecule has 0 atom stereocenters. The van der Waals surface area contributed by atoms with Crippen LogP contribution in [0.15, 0.2) is 23.9 Å². The first-order valence-corrected chi connectivity index (χ1v) is 3.57. The van der Waals surface area contributed by atoms with Crippen LogP contribution in [0.1, 0.15) is 25.1 Å². The molecule has 0 aliphatic heterocycles. The Labute approximate surface area is 67.2 Å². The van der Waals surface area contributed by atoms with E-state index in [2.05, 4.69) is 22.8 Å². The molecular formula is C9H13NO. The maximum atomic E-state index is 4.63. The first kappa shape index (κ1) is 9.69. The Morgan fingerprint density at radius 2 is 2.00 bits per heavy atom. The highest BCUT2D eigenvalue weighted by molar-refractivity contribution is 5.58. The van der Waals surface area contributed by atoms with Gasteiger partial charge in [-0.3, -0.25) is 0 Å². The summed E-state index contributed by atoms with van der Waals surface area (Å²) in [7, 11) is 0. The van der Waals surface area contributed by atoms with E-state index in [4.69, 9.17) is 0 Å². The summed E-state index contributed by atoms with van der Waals surface area (Å²) in [6.45, 7) is 11.1. The van der Waals surface area contributed by atoms with E-state index in [1.807, 2.05) is 13.8 Å². The molecule has 0 spiro atoms. The van der Waals surface area contributed by atoms with Gasteiger partial charge >= 0.3 is 0 Å². The van der Waals surface area contributed by atoms with Crippen LogP contribution < -0.4 is 0 Å². The number of rotatable bonds is 2. The number of nitrogens with zero attached hydrogens (tertiary/aromatic N) is 1. The molecule has 0 aliphatic carbocycles. The molecule has 2 nitrogen and oxygen atoms in total. The highest BCUT2D eigenvalue weighted by Gasteiger charge is 1.96. The summed E-state index contributed by atoms with van der Waals surface area (Å²) >= 11 is 0. The van der Waals surface area contributed by atoms with E-state index < -0.39 is 0 Å². The Morgan fingerprint density at radius 1 is 1.36 bits per heavy atom. The van der Waals surface area contributed by atoms with Gasteiger partial charge in [0.15, 0.2) is 0 Å². The summed E-state index contributed by atoms with van der Waals surface area (Å²) in [5.74, 6) is 0. The van der Waals surface area contributed by atoms with Crippen molar-refractivity contribution in [3.8, 4) is 0 Å². The van der Waals surface area contributed by atoms with Gasteiger partial charge in [-0.15, -0.1) is 0 Å². The molecule has 0 bridgehead atoms. The Kier molecular flexibility index (Phi) is 4.82. The SMILES string of the molecule is C=Cc1conc1C=C.CC. The van der Waals surface area contributed by atoms with Crippen LogP contribution in [0, 0.1) is 0 Å². The summed E-state index contributed by atoms with van der Waals surface area (Å²) in [6, 6.07) is 0. The predicted molar refractivity (Wildman–Crippen MR) is 48.0 cm³/mol. The van der Waals surface area contributed by atoms with Crippen LogP contribution in [0.2, 0.25) is 0 Å². The van der Waals surface area contributed by atoms with Gasteiger partial charge in [0.2, 0.25) is 0 Å². The first-order valence-electron chi connectivity index (χ1n) is 3.57. The van der Waals surface area contributed by atoms with E-state index >= 15 is 0 Å². The quantitative estimate of drug-likeness (QED) is 0.649. The minimum atomic E-state index is 0.741. The van der Waals surface area contributed by atoms with Crippen molar-refractivity contribution in [3.63, 3.8) is 0 Å². The molecule has 1 heterocycles. The van der Waals surface area contributed by atoms with Crippen molar-refractivity contribution in [1.82, 2.24) is 5.16 Å². The molecule has 1 rings (SSSR count). The van der Waals surface area contributed by atoms with Gasteiger partial charge in [0.25, 0.3) is 0 Å². The lowest BCUT2D eigenvalue weighted by Crippen LogP contribution is -1.70. The number of aromatic nitrogens is 1. The van der Waals surface area contributed by atoms with Gasteiger partial charge in [0.05, 0.1) is 0 Å². The van der Waals surface area contributed by atoms with Gasteiger partial charge in [0.1, 0.15) is 12.0 Å². The van der Waals surface area contributed by atoms with Crippen LogP contribution in [-0.2, 0) is 0 Å². The maximum Gasteiger partial charge on any atom is 0.131 e. The van der Waals surface area contributed by atoms with E-state index in [-0.39, 0.29) is 0 Å². The van der Waals surface area contributed by atoms with Crippen LogP contribution in [0.5, 0.6) is 0 Å². The van der Waals surface area contributed by atoms with Crippen LogP contribution in [0.25, 0.3) is 12.2 Å². The van der Waals surface area contributed by atoms with Crippen LogP contribution >= 0.6 is 0 Å². The first-order chi connectivity index (χ1) is 5.38. The van der Waals surface area contributed by atoms with Gasteiger partial charge in [-0.25, -0.2) is 0 Å². The summed E-state index contributed by atoms with van der Waals surface area (Å²) in [4.78, 5) is 0. The van der Waals surface area contributed by atoms with Crippen molar-refractivity contribution in [2.24, 2.45) is 0 Å². The van der Waals surface area contributed by atoms with Crippen LogP contribution in [0.4, 0.5) is 0 Å². The Bertz CT molecular complexity index is 203. The molecule has 0 N–H and O–H groups in total. The normalized spacial score (nSPS) is 7.82. The minimum Gasteiger partial charge on any atom is -0.364 e. The van der Waals surface area contributed by atoms with E-state index in [1.165, 1.54) is 6.26 Å². The fourth-order valence-corrected chi connectivity index (χ4v) is 0.561. The third-order valence-corrected chi connectivity index (χ3v) is 1.04. The van der Waals surface area contributed by atoms with Crippen molar-refractivity contribution in [2.45, 2.75) is 13.8 Å². The molecule has 0 radical (unpaired) electrons. The smallest absolute Gasteiger partial charge is 0.131 e. The zero-order chi connectivity index (χ0) is 8.69. The van der Waals surface area contributed by atoms with E-state index in [9.17, 15) is 0 Å². The Balaban J connectivity index is 0.000000461. The minimum absolute atomic E-state index is 0.741. The van der Waals surface area contributed by atoms with Gasteiger partial charge in [0, 0.05) is 5.56 Å². The zero-order valence-corrected chi connectivity index (χ0v) is 7.00. The average Bonchev–Trinajstić information content (AvgIpc) is 2.54. The topological polar surface area (TPSA) is 26.0 Å². The van der Waals surface area contributed by atoms with E-state index in [1.54, 1.807) is 12.2 Å². The molecule has 0 saturated carbocycles. The Hall–Kier alpha value is -1.31. The summed E-state index contributed by atoms with van der Waals surface area (Å²) in [5, 5.41) is 3.64. The van der Waals surface area contributed by atoms with Gasteiger partial charge in [-0.2, -0.15) is 0 Å². The monoisotopic (exact) mass is 151 g/mol. The fourth-order valence-electron chi connectivity index (χ4n) is 0.561. The fraction of sp³-hybridized carbons (Fsp3) is 0.222. The second-order valence-electron chi connectivity index (χ2n) is 1.56. The number of hydrogen-bond donors (Lipinski definition) is 0. The zero-order valence-electron chi connectivity index (χ0n) is 7.00. The largest absolute Gasteiger partial charge is 0.364 e. The highest BCUT2D eigenvalue weighted by atomic mass is 16.5.